The van der Waals surface area contributed by atoms with Gasteiger partial charge in [0.15, 0.2) is 0 Å². The number of carbonyl (C=O) groups is 2. The van der Waals surface area contributed by atoms with E-state index in [1.54, 1.807) is 24.4 Å². The highest BCUT2D eigenvalue weighted by atomic mass is 16.5. The molecule has 0 fully saturated rings. The van der Waals surface area contributed by atoms with Crippen molar-refractivity contribution in [3.8, 4) is 0 Å². The molecule has 2 aromatic rings. The monoisotopic (exact) mass is 288 g/mol. The zero-order valence-electron chi connectivity index (χ0n) is 11.6. The van der Waals surface area contributed by atoms with Crippen molar-refractivity contribution < 1.29 is 19.4 Å². The van der Waals surface area contributed by atoms with Gasteiger partial charge in [-0.2, -0.15) is 0 Å². The number of carboxylic acids is 1. The van der Waals surface area contributed by atoms with Gasteiger partial charge in [0.05, 0.1) is 12.7 Å². The third-order valence-electron chi connectivity index (χ3n) is 3.10. The first kappa shape index (κ1) is 14.8. The van der Waals surface area contributed by atoms with Crippen LogP contribution in [0, 0.1) is 0 Å². The second kappa shape index (κ2) is 6.69. The molecule has 0 saturated heterocycles. The lowest BCUT2D eigenvalue weighted by molar-refractivity contribution is -0.140. The first-order chi connectivity index (χ1) is 10.1. The molecule has 2 rings (SSSR count). The fourth-order valence-corrected chi connectivity index (χ4v) is 2.08. The molecular weight excluding hydrogens is 272 g/mol. The summed E-state index contributed by atoms with van der Waals surface area (Å²) < 4.78 is 4.56. The van der Waals surface area contributed by atoms with E-state index >= 15 is 0 Å². The smallest absolute Gasteiger partial charge is 0.336 e. The standard InChI is InChI=1S/C15H16N2O4/c1-21-12(18)6-3-8-16-14-13-10(7-9-17-14)4-2-5-11(13)15(19)20/h2,4-5,7,9H,3,6,8H2,1H3,(H,16,17)(H,19,20). The highest BCUT2D eigenvalue weighted by Gasteiger charge is 2.12. The topological polar surface area (TPSA) is 88.5 Å². The number of methoxy groups -OCH3 is 1. The van der Waals surface area contributed by atoms with E-state index in [0.29, 0.717) is 30.6 Å². The van der Waals surface area contributed by atoms with Gasteiger partial charge in [0.25, 0.3) is 0 Å². The van der Waals surface area contributed by atoms with E-state index in [-0.39, 0.29) is 11.5 Å². The van der Waals surface area contributed by atoms with Crippen LogP contribution in [0.25, 0.3) is 10.8 Å². The number of aromatic carboxylic acids is 1. The van der Waals surface area contributed by atoms with E-state index < -0.39 is 5.97 Å². The maximum Gasteiger partial charge on any atom is 0.336 e. The number of rotatable bonds is 6. The summed E-state index contributed by atoms with van der Waals surface area (Å²) in [5, 5.41) is 13.7. The molecule has 1 heterocycles. The summed E-state index contributed by atoms with van der Waals surface area (Å²) in [6.45, 7) is 0.509. The number of carbonyl (C=O) groups excluding carboxylic acids is 1. The Labute approximate surface area is 121 Å². The van der Waals surface area contributed by atoms with Crippen LogP contribution in [0.4, 0.5) is 5.82 Å². The van der Waals surface area contributed by atoms with Crippen LogP contribution in [0.2, 0.25) is 0 Å². The van der Waals surface area contributed by atoms with Crippen molar-refractivity contribution in [3.63, 3.8) is 0 Å². The quantitative estimate of drug-likeness (QED) is 0.626. The van der Waals surface area contributed by atoms with Crippen LogP contribution in [-0.4, -0.2) is 35.7 Å². The highest BCUT2D eigenvalue weighted by molar-refractivity contribution is 6.08. The van der Waals surface area contributed by atoms with Gasteiger partial charge in [-0.3, -0.25) is 4.79 Å². The maximum atomic E-state index is 11.3. The summed E-state index contributed by atoms with van der Waals surface area (Å²) in [7, 11) is 1.35. The number of hydrogen-bond acceptors (Lipinski definition) is 5. The molecule has 0 aliphatic heterocycles. The first-order valence-electron chi connectivity index (χ1n) is 6.55. The van der Waals surface area contributed by atoms with Gasteiger partial charge in [0.2, 0.25) is 0 Å². The zero-order valence-corrected chi connectivity index (χ0v) is 11.6. The molecular formula is C15H16N2O4. The Hall–Kier alpha value is -2.63. The zero-order chi connectivity index (χ0) is 15.2. The number of esters is 1. The third-order valence-corrected chi connectivity index (χ3v) is 3.10. The van der Waals surface area contributed by atoms with Gasteiger partial charge in [-0.15, -0.1) is 0 Å². The Balaban J connectivity index is 2.19. The normalized spacial score (nSPS) is 10.3. The molecule has 0 bridgehead atoms. The van der Waals surface area contributed by atoms with E-state index in [1.807, 2.05) is 6.07 Å². The van der Waals surface area contributed by atoms with Crippen LogP contribution in [-0.2, 0) is 9.53 Å². The minimum Gasteiger partial charge on any atom is -0.478 e. The van der Waals surface area contributed by atoms with Gasteiger partial charge in [0, 0.05) is 24.5 Å². The number of anilines is 1. The van der Waals surface area contributed by atoms with Crippen molar-refractivity contribution in [1.29, 1.82) is 0 Å². The summed E-state index contributed by atoms with van der Waals surface area (Å²) in [4.78, 5) is 26.5. The van der Waals surface area contributed by atoms with Crippen LogP contribution in [0.3, 0.4) is 0 Å². The average molecular weight is 288 g/mol. The second-order valence-corrected chi connectivity index (χ2v) is 4.47. The van der Waals surface area contributed by atoms with Crippen LogP contribution < -0.4 is 5.32 Å². The molecule has 0 aliphatic carbocycles. The SMILES string of the molecule is COC(=O)CCCNc1nccc2cccc(C(=O)O)c12. The Morgan fingerprint density at radius 1 is 1.33 bits per heavy atom. The van der Waals surface area contributed by atoms with Crippen LogP contribution in [0.15, 0.2) is 30.5 Å². The first-order valence-corrected chi connectivity index (χ1v) is 6.55. The molecule has 1 aromatic carbocycles. The van der Waals surface area contributed by atoms with Crippen molar-refractivity contribution >= 4 is 28.5 Å². The van der Waals surface area contributed by atoms with E-state index in [1.165, 1.54) is 7.11 Å². The molecule has 0 aliphatic rings. The van der Waals surface area contributed by atoms with Crippen LogP contribution in [0.5, 0.6) is 0 Å². The molecule has 110 valence electrons. The van der Waals surface area contributed by atoms with Gasteiger partial charge >= 0.3 is 11.9 Å². The number of aromatic nitrogens is 1. The molecule has 6 heteroatoms. The van der Waals surface area contributed by atoms with Crippen molar-refractivity contribution in [2.75, 3.05) is 19.0 Å². The van der Waals surface area contributed by atoms with E-state index in [9.17, 15) is 14.7 Å². The van der Waals surface area contributed by atoms with Gasteiger partial charge in [-0.1, -0.05) is 12.1 Å². The number of pyridine rings is 1. The Morgan fingerprint density at radius 2 is 2.14 bits per heavy atom. The molecule has 0 unspecified atom stereocenters. The summed E-state index contributed by atoms with van der Waals surface area (Å²) >= 11 is 0. The predicted octanol–water partition coefficient (Wildman–Crippen LogP) is 2.30. The van der Waals surface area contributed by atoms with Crippen molar-refractivity contribution in [3.05, 3.63) is 36.0 Å². The molecule has 21 heavy (non-hydrogen) atoms. The number of benzene rings is 1. The Morgan fingerprint density at radius 3 is 2.86 bits per heavy atom. The number of ether oxygens (including phenoxy) is 1. The van der Waals surface area contributed by atoms with Crippen molar-refractivity contribution in [2.45, 2.75) is 12.8 Å². The molecule has 0 amide bonds. The average Bonchev–Trinajstić information content (AvgIpc) is 2.50. The van der Waals surface area contributed by atoms with Crippen LogP contribution in [0.1, 0.15) is 23.2 Å². The summed E-state index contributed by atoms with van der Waals surface area (Å²) in [6, 6.07) is 6.85. The minimum absolute atomic E-state index is 0.205. The minimum atomic E-state index is -0.994. The van der Waals surface area contributed by atoms with E-state index in [2.05, 4.69) is 15.0 Å². The summed E-state index contributed by atoms with van der Waals surface area (Å²) in [5.74, 6) is -0.754. The van der Waals surface area contributed by atoms with E-state index in [0.717, 1.165) is 5.39 Å². The molecule has 2 N–H and O–H groups in total. The number of hydrogen-bond donors (Lipinski definition) is 2. The maximum absolute atomic E-state index is 11.3. The third kappa shape index (κ3) is 3.47. The lowest BCUT2D eigenvalue weighted by atomic mass is 10.1. The van der Waals surface area contributed by atoms with Gasteiger partial charge in [0.1, 0.15) is 5.82 Å². The molecule has 0 radical (unpaired) electrons. The van der Waals surface area contributed by atoms with Gasteiger partial charge in [-0.05, 0) is 23.9 Å². The Bertz CT molecular complexity index is 665. The Kier molecular flexibility index (Phi) is 4.71. The molecule has 0 saturated carbocycles. The lowest BCUT2D eigenvalue weighted by Crippen LogP contribution is -2.09. The van der Waals surface area contributed by atoms with Gasteiger partial charge < -0.3 is 15.2 Å². The number of fused-ring (bicyclic) bond motifs is 1. The lowest BCUT2D eigenvalue weighted by Gasteiger charge is -2.10. The summed E-state index contributed by atoms with van der Waals surface area (Å²) in [6.07, 6.45) is 2.51. The number of carboxylic acid groups (broad SMARTS) is 1. The second-order valence-electron chi connectivity index (χ2n) is 4.47. The predicted molar refractivity (Wildman–Crippen MR) is 78.4 cm³/mol. The number of nitrogens with one attached hydrogen (secondary N) is 1. The highest BCUT2D eigenvalue weighted by Crippen LogP contribution is 2.25. The molecule has 1 aromatic heterocycles. The van der Waals surface area contributed by atoms with E-state index in [4.69, 9.17) is 0 Å². The molecule has 6 nitrogen and oxygen atoms in total. The fourth-order valence-electron chi connectivity index (χ4n) is 2.08. The van der Waals surface area contributed by atoms with Crippen molar-refractivity contribution in [2.24, 2.45) is 0 Å². The largest absolute Gasteiger partial charge is 0.478 e. The van der Waals surface area contributed by atoms with Crippen molar-refractivity contribution in [1.82, 2.24) is 4.98 Å². The van der Waals surface area contributed by atoms with Crippen LogP contribution >= 0.6 is 0 Å². The summed E-state index contributed by atoms with van der Waals surface area (Å²) in [5.41, 5.74) is 0.205. The number of nitrogens with zero attached hydrogens (tertiary/aromatic N) is 1. The molecule has 0 atom stereocenters. The molecule has 0 spiro atoms. The fraction of sp³-hybridized carbons (Fsp3) is 0.267. The van der Waals surface area contributed by atoms with Gasteiger partial charge in [-0.25, -0.2) is 9.78 Å².